The Hall–Kier alpha value is -1.61. The van der Waals surface area contributed by atoms with Gasteiger partial charge in [0, 0.05) is 11.0 Å². The number of hydrogen-bond acceptors (Lipinski definition) is 1. The van der Waals surface area contributed by atoms with Gasteiger partial charge < -0.3 is 4.90 Å². The molecule has 3 heteroatoms. The van der Waals surface area contributed by atoms with Crippen molar-refractivity contribution in [2.45, 2.75) is 25.8 Å². The van der Waals surface area contributed by atoms with Gasteiger partial charge in [0.05, 0.1) is 11.6 Å². The Morgan fingerprint density at radius 1 is 1.19 bits per heavy atom. The molecule has 108 valence electrons. The smallest absolute Gasteiger partial charge is 0.255 e. The number of rotatable bonds is 2. The average Bonchev–Trinajstić information content (AvgIpc) is 2.97. The molecule has 0 aromatic heterocycles. The van der Waals surface area contributed by atoms with Crippen LogP contribution in [0.15, 0.2) is 53.0 Å². The Labute approximate surface area is 133 Å². The van der Waals surface area contributed by atoms with Crippen LogP contribution in [0.3, 0.4) is 0 Å². The molecule has 1 saturated heterocycles. The largest absolute Gasteiger partial charge is 0.332 e. The van der Waals surface area contributed by atoms with Crippen molar-refractivity contribution in [3.8, 4) is 0 Å². The first kappa shape index (κ1) is 14.3. The van der Waals surface area contributed by atoms with Gasteiger partial charge in [-0.15, -0.1) is 0 Å². The van der Waals surface area contributed by atoms with Crippen molar-refractivity contribution in [3.05, 3.63) is 69.7 Å². The Morgan fingerprint density at radius 2 is 1.95 bits per heavy atom. The van der Waals surface area contributed by atoms with Crippen LogP contribution < -0.4 is 0 Å². The number of nitrogens with zero attached hydrogens (tertiary/aromatic N) is 1. The summed E-state index contributed by atoms with van der Waals surface area (Å²) in [6.45, 7) is 2.86. The van der Waals surface area contributed by atoms with E-state index in [9.17, 15) is 4.79 Å². The highest BCUT2D eigenvalue weighted by Crippen LogP contribution is 2.34. The fraction of sp³-hybridized carbons (Fsp3) is 0.278. The highest BCUT2D eigenvalue weighted by Gasteiger charge is 2.31. The molecule has 0 N–H and O–H groups in total. The molecular formula is C18H18BrNO. The number of aryl methyl sites for hydroxylation is 1. The van der Waals surface area contributed by atoms with E-state index in [1.807, 2.05) is 48.2 Å². The Kier molecular flexibility index (Phi) is 4.11. The first-order valence-corrected chi connectivity index (χ1v) is 8.08. The summed E-state index contributed by atoms with van der Waals surface area (Å²) < 4.78 is 0.881. The molecule has 2 nitrogen and oxygen atoms in total. The van der Waals surface area contributed by atoms with Crippen LogP contribution in [-0.2, 0) is 0 Å². The molecule has 1 unspecified atom stereocenters. The number of hydrogen-bond donors (Lipinski definition) is 0. The van der Waals surface area contributed by atoms with E-state index in [0.717, 1.165) is 35.0 Å². The van der Waals surface area contributed by atoms with Crippen molar-refractivity contribution in [1.82, 2.24) is 4.90 Å². The summed E-state index contributed by atoms with van der Waals surface area (Å²) in [5, 5.41) is 0. The average molecular weight is 344 g/mol. The van der Waals surface area contributed by atoms with E-state index >= 15 is 0 Å². The Bertz CT molecular complexity index is 654. The van der Waals surface area contributed by atoms with Gasteiger partial charge in [-0.05, 0) is 59.0 Å². The summed E-state index contributed by atoms with van der Waals surface area (Å²) in [5.41, 5.74) is 3.13. The number of carbonyl (C=O) groups excluding carboxylic acids is 1. The lowest BCUT2D eigenvalue weighted by atomic mass is 10.0. The van der Waals surface area contributed by atoms with E-state index in [1.165, 1.54) is 5.56 Å². The number of benzene rings is 2. The molecule has 1 fully saturated rings. The Balaban J connectivity index is 1.90. The van der Waals surface area contributed by atoms with Crippen molar-refractivity contribution in [3.63, 3.8) is 0 Å². The molecule has 0 radical (unpaired) electrons. The summed E-state index contributed by atoms with van der Waals surface area (Å²) in [5.74, 6) is 0.119. The quantitative estimate of drug-likeness (QED) is 0.771. The van der Waals surface area contributed by atoms with E-state index < -0.39 is 0 Å². The van der Waals surface area contributed by atoms with Gasteiger partial charge in [0.2, 0.25) is 0 Å². The molecule has 2 aromatic carbocycles. The normalized spacial score (nSPS) is 18.0. The molecule has 1 aliphatic rings. The standard InChI is InChI=1S/C18H18BrNO/c1-13-9-10-15(16(19)12-13)18(21)20-11-5-8-17(20)14-6-3-2-4-7-14/h2-4,6-7,9-10,12,17H,5,8,11H2,1H3. The zero-order valence-corrected chi connectivity index (χ0v) is 13.6. The van der Waals surface area contributed by atoms with E-state index in [2.05, 4.69) is 28.1 Å². The Morgan fingerprint density at radius 3 is 2.67 bits per heavy atom. The second-order valence-electron chi connectivity index (χ2n) is 5.55. The topological polar surface area (TPSA) is 20.3 Å². The minimum Gasteiger partial charge on any atom is -0.332 e. The highest BCUT2D eigenvalue weighted by molar-refractivity contribution is 9.10. The maximum absolute atomic E-state index is 12.9. The van der Waals surface area contributed by atoms with Crippen LogP contribution in [0.4, 0.5) is 0 Å². The summed E-state index contributed by atoms with van der Waals surface area (Å²) in [4.78, 5) is 14.9. The molecule has 3 rings (SSSR count). The lowest BCUT2D eigenvalue weighted by Gasteiger charge is -2.25. The molecule has 0 spiro atoms. The molecule has 21 heavy (non-hydrogen) atoms. The fourth-order valence-electron chi connectivity index (χ4n) is 2.98. The molecule has 1 atom stereocenters. The van der Waals surface area contributed by atoms with Crippen molar-refractivity contribution in [1.29, 1.82) is 0 Å². The fourth-order valence-corrected chi connectivity index (χ4v) is 3.64. The molecule has 2 aromatic rings. The summed E-state index contributed by atoms with van der Waals surface area (Å²) >= 11 is 3.52. The predicted octanol–water partition coefficient (Wildman–Crippen LogP) is 4.73. The van der Waals surface area contributed by atoms with Crippen molar-refractivity contribution in [2.24, 2.45) is 0 Å². The zero-order valence-electron chi connectivity index (χ0n) is 12.1. The summed E-state index contributed by atoms with van der Waals surface area (Å²) in [6.07, 6.45) is 2.11. The third-order valence-corrected chi connectivity index (χ3v) is 4.71. The van der Waals surface area contributed by atoms with Crippen LogP contribution in [0.1, 0.15) is 40.4 Å². The van der Waals surface area contributed by atoms with Crippen LogP contribution in [0.2, 0.25) is 0 Å². The van der Waals surface area contributed by atoms with E-state index in [1.54, 1.807) is 0 Å². The van der Waals surface area contributed by atoms with Crippen LogP contribution >= 0.6 is 15.9 Å². The van der Waals surface area contributed by atoms with Crippen LogP contribution in [0.5, 0.6) is 0 Å². The molecule has 0 saturated carbocycles. The van der Waals surface area contributed by atoms with Gasteiger partial charge in [0.15, 0.2) is 0 Å². The van der Waals surface area contributed by atoms with Crippen molar-refractivity contribution < 1.29 is 4.79 Å². The first-order chi connectivity index (χ1) is 10.2. The molecule has 1 amide bonds. The maximum atomic E-state index is 12.9. The monoisotopic (exact) mass is 343 g/mol. The summed E-state index contributed by atoms with van der Waals surface area (Å²) in [6, 6.07) is 16.4. The SMILES string of the molecule is Cc1ccc(C(=O)N2CCCC2c2ccccc2)c(Br)c1. The highest BCUT2D eigenvalue weighted by atomic mass is 79.9. The van der Waals surface area contributed by atoms with Gasteiger partial charge in [0.25, 0.3) is 5.91 Å². The minimum atomic E-state index is 0.119. The predicted molar refractivity (Wildman–Crippen MR) is 88.3 cm³/mol. The van der Waals surface area contributed by atoms with Gasteiger partial charge in [-0.3, -0.25) is 4.79 Å². The number of amides is 1. The van der Waals surface area contributed by atoms with Crippen molar-refractivity contribution in [2.75, 3.05) is 6.54 Å². The van der Waals surface area contributed by atoms with Gasteiger partial charge >= 0.3 is 0 Å². The lowest BCUT2D eigenvalue weighted by Crippen LogP contribution is -2.30. The van der Waals surface area contributed by atoms with Crippen LogP contribution in [0, 0.1) is 6.92 Å². The minimum absolute atomic E-state index is 0.119. The number of carbonyl (C=O) groups is 1. The first-order valence-electron chi connectivity index (χ1n) is 7.29. The van der Waals surface area contributed by atoms with Gasteiger partial charge in [-0.2, -0.15) is 0 Å². The lowest BCUT2D eigenvalue weighted by molar-refractivity contribution is 0.0734. The van der Waals surface area contributed by atoms with Crippen LogP contribution in [0.25, 0.3) is 0 Å². The van der Waals surface area contributed by atoms with Gasteiger partial charge in [0.1, 0.15) is 0 Å². The third-order valence-electron chi connectivity index (χ3n) is 4.05. The summed E-state index contributed by atoms with van der Waals surface area (Å²) in [7, 11) is 0. The molecule has 1 aliphatic heterocycles. The van der Waals surface area contributed by atoms with E-state index in [0.29, 0.717) is 0 Å². The molecule has 1 heterocycles. The van der Waals surface area contributed by atoms with Crippen molar-refractivity contribution >= 4 is 21.8 Å². The van der Waals surface area contributed by atoms with Gasteiger partial charge in [-0.1, -0.05) is 36.4 Å². The number of likely N-dealkylation sites (tertiary alicyclic amines) is 1. The third kappa shape index (κ3) is 2.88. The molecular weight excluding hydrogens is 326 g/mol. The second kappa shape index (κ2) is 6.02. The second-order valence-corrected chi connectivity index (χ2v) is 6.40. The van der Waals surface area contributed by atoms with Gasteiger partial charge in [-0.25, -0.2) is 0 Å². The molecule has 0 aliphatic carbocycles. The van der Waals surface area contributed by atoms with Crippen LogP contribution in [-0.4, -0.2) is 17.4 Å². The maximum Gasteiger partial charge on any atom is 0.255 e. The zero-order chi connectivity index (χ0) is 14.8. The van der Waals surface area contributed by atoms with E-state index in [-0.39, 0.29) is 11.9 Å². The number of halogens is 1. The van der Waals surface area contributed by atoms with E-state index in [4.69, 9.17) is 0 Å². The molecule has 0 bridgehead atoms.